The van der Waals surface area contributed by atoms with Crippen molar-refractivity contribution in [2.75, 3.05) is 6.54 Å². The van der Waals surface area contributed by atoms with Crippen molar-refractivity contribution in [2.45, 2.75) is 39.3 Å². The quantitative estimate of drug-likeness (QED) is 0.786. The minimum absolute atomic E-state index is 0.0284. The Hall–Kier alpha value is -2.28. The summed E-state index contributed by atoms with van der Waals surface area (Å²) in [5.74, 6) is 1.07. The van der Waals surface area contributed by atoms with Crippen LogP contribution in [0, 0.1) is 13.8 Å². The molecule has 120 valence electrons. The molecule has 2 rings (SSSR count). The van der Waals surface area contributed by atoms with Crippen LogP contribution in [0.3, 0.4) is 0 Å². The lowest BCUT2D eigenvalue weighted by Crippen LogP contribution is -2.44. The zero-order valence-corrected chi connectivity index (χ0v) is 13.1. The van der Waals surface area contributed by atoms with Gasteiger partial charge in [-0.15, -0.1) is 0 Å². The molecule has 2 atom stereocenters. The third-order valence-electron chi connectivity index (χ3n) is 3.51. The maximum atomic E-state index is 12.0. The summed E-state index contributed by atoms with van der Waals surface area (Å²) in [4.78, 5) is 12.0. The van der Waals surface area contributed by atoms with Crippen molar-refractivity contribution in [3.8, 4) is 0 Å². The fourth-order valence-corrected chi connectivity index (χ4v) is 2.35. The highest BCUT2D eigenvalue weighted by Crippen LogP contribution is 2.21. The van der Waals surface area contributed by atoms with E-state index in [-0.39, 0.29) is 18.6 Å². The molecular formula is C15H21N3O4. The molecule has 2 amide bonds. The average molecular weight is 307 g/mol. The van der Waals surface area contributed by atoms with Crippen molar-refractivity contribution in [2.24, 2.45) is 0 Å². The fraction of sp³-hybridized carbons (Fsp3) is 0.467. The first kappa shape index (κ1) is 16.1. The van der Waals surface area contributed by atoms with Gasteiger partial charge in [0.1, 0.15) is 17.1 Å². The van der Waals surface area contributed by atoms with Crippen molar-refractivity contribution in [3.05, 3.63) is 41.2 Å². The lowest BCUT2D eigenvalue weighted by molar-refractivity contribution is 0.0366. The zero-order chi connectivity index (χ0) is 16.3. The third-order valence-corrected chi connectivity index (χ3v) is 3.51. The minimum Gasteiger partial charge on any atom is -0.466 e. The van der Waals surface area contributed by atoms with Gasteiger partial charge in [-0.3, -0.25) is 0 Å². The second-order valence-electron chi connectivity index (χ2n) is 5.54. The number of nitrogens with one attached hydrogen (secondary N) is 2. The van der Waals surface area contributed by atoms with E-state index < -0.39 is 5.60 Å². The first-order chi connectivity index (χ1) is 10.3. The Morgan fingerprint density at radius 2 is 2.23 bits per heavy atom. The number of hydrogen-bond acceptors (Lipinski definition) is 5. The summed E-state index contributed by atoms with van der Waals surface area (Å²) in [5, 5.41) is 19.6. The molecule has 0 spiro atoms. The Morgan fingerprint density at radius 1 is 1.50 bits per heavy atom. The summed E-state index contributed by atoms with van der Waals surface area (Å²) in [5.41, 5.74) is 0.327. The highest BCUT2D eigenvalue weighted by atomic mass is 16.5. The molecule has 0 aromatic carbocycles. The summed E-state index contributed by atoms with van der Waals surface area (Å²) >= 11 is 0. The van der Waals surface area contributed by atoms with E-state index in [1.165, 1.54) is 6.26 Å². The predicted molar refractivity (Wildman–Crippen MR) is 79.2 cm³/mol. The molecule has 2 heterocycles. The van der Waals surface area contributed by atoms with Crippen molar-refractivity contribution in [3.63, 3.8) is 0 Å². The Bertz CT molecular complexity index is 612. The van der Waals surface area contributed by atoms with Gasteiger partial charge in [0.2, 0.25) is 0 Å². The van der Waals surface area contributed by atoms with Crippen LogP contribution < -0.4 is 10.6 Å². The molecule has 0 saturated carbocycles. The highest BCUT2D eigenvalue weighted by Gasteiger charge is 2.27. The van der Waals surface area contributed by atoms with Gasteiger partial charge in [-0.1, -0.05) is 5.16 Å². The second-order valence-corrected chi connectivity index (χ2v) is 5.54. The lowest BCUT2D eigenvalue weighted by atomic mass is 10.0. The normalized spacial score (nSPS) is 15.1. The molecule has 7 heteroatoms. The maximum absolute atomic E-state index is 12.0. The average Bonchev–Trinajstić information content (AvgIpc) is 3.07. The van der Waals surface area contributed by atoms with Crippen molar-refractivity contribution in [1.29, 1.82) is 0 Å². The molecule has 2 unspecified atom stereocenters. The number of rotatable bonds is 5. The van der Waals surface area contributed by atoms with Crippen LogP contribution in [0.4, 0.5) is 4.79 Å². The topological polar surface area (TPSA) is 101 Å². The molecule has 0 aliphatic rings. The van der Waals surface area contributed by atoms with Crippen LogP contribution >= 0.6 is 0 Å². The van der Waals surface area contributed by atoms with Crippen LogP contribution in [0.25, 0.3) is 0 Å². The number of carbonyl (C=O) groups excluding carboxylic acids is 1. The van der Waals surface area contributed by atoms with Gasteiger partial charge >= 0.3 is 6.03 Å². The number of hydrogen-bond donors (Lipinski definition) is 3. The van der Waals surface area contributed by atoms with E-state index in [1.807, 2.05) is 13.8 Å². The number of carbonyl (C=O) groups is 1. The smallest absolute Gasteiger partial charge is 0.315 e. The van der Waals surface area contributed by atoms with Gasteiger partial charge in [-0.2, -0.15) is 0 Å². The van der Waals surface area contributed by atoms with Gasteiger partial charge in [-0.05, 0) is 39.8 Å². The van der Waals surface area contributed by atoms with Gasteiger partial charge in [0.05, 0.1) is 24.5 Å². The third kappa shape index (κ3) is 3.48. The van der Waals surface area contributed by atoms with Crippen LogP contribution in [0.5, 0.6) is 0 Å². The Balaban J connectivity index is 1.91. The highest BCUT2D eigenvalue weighted by molar-refractivity contribution is 5.74. The molecule has 3 N–H and O–H groups in total. The number of aromatic nitrogens is 1. The summed E-state index contributed by atoms with van der Waals surface area (Å²) in [6.07, 6.45) is 1.48. The fourth-order valence-electron chi connectivity index (χ4n) is 2.35. The first-order valence-corrected chi connectivity index (χ1v) is 7.05. The maximum Gasteiger partial charge on any atom is 0.315 e. The van der Waals surface area contributed by atoms with E-state index in [0.717, 1.165) is 11.3 Å². The van der Waals surface area contributed by atoms with Crippen molar-refractivity contribution < 1.29 is 18.8 Å². The van der Waals surface area contributed by atoms with E-state index in [0.29, 0.717) is 11.5 Å². The molecule has 0 aliphatic carbocycles. The first-order valence-electron chi connectivity index (χ1n) is 7.05. The van der Waals surface area contributed by atoms with E-state index in [1.54, 1.807) is 26.0 Å². The number of aryl methyl sites for hydroxylation is 2. The number of furan rings is 1. The van der Waals surface area contributed by atoms with Gasteiger partial charge in [0, 0.05) is 5.56 Å². The van der Waals surface area contributed by atoms with Crippen molar-refractivity contribution in [1.82, 2.24) is 15.8 Å². The summed E-state index contributed by atoms with van der Waals surface area (Å²) in [6, 6.07) is 2.70. The Kier molecular flexibility index (Phi) is 4.56. The molecular weight excluding hydrogens is 286 g/mol. The monoisotopic (exact) mass is 307 g/mol. The van der Waals surface area contributed by atoms with Crippen LogP contribution in [-0.4, -0.2) is 22.8 Å². The molecule has 0 radical (unpaired) electrons. The van der Waals surface area contributed by atoms with Gasteiger partial charge in [0.15, 0.2) is 0 Å². The summed E-state index contributed by atoms with van der Waals surface area (Å²) in [6.45, 7) is 7.07. The molecule has 0 saturated heterocycles. The lowest BCUT2D eigenvalue weighted by Gasteiger charge is -2.22. The standard InChI is InChI=1S/C15H21N3O4/c1-9(13-10(2)18-22-11(13)3)17-14(19)16-8-15(4,20)12-6-5-7-21-12/h5-7,9,20H,8H2,1-4H3,(H2,16,17,19). The van der Waals surface area contributed by atoms with Gasteiger partial charge < -0.3 is 24.7 Å². The molecule has 0 aliphatic heterocycles. The van der Waals surface area contributed by atoms with E-state index in [2.05, 4.69) is 15.8 Å². The van der Waals surface area contributed by atoms with Crippen LogP contribution in [0.1, 0.15) is 42.7 Å². The molecule has 2 aromatic heterocycles. The Morgan fingerprint density at radius 3 is 2.77 bits per heavy atom. The van der Waals surface area contributed by atoms with Crippen LogP contribution in [0.15, 0.2) is 27.3 Å². The number of aliphatic hydroxyl groups is 1. The molecule has 7 nitrogen and oxygen atoms in total. The minimum atomic E-state index is -1.27. The number of amides is 2. The zero-order valence-electron chi connectivity index (χ0n) is 13.1. The van der Waals surface area contributed by atoms with Crippen LogP contribution in [0.2, 0.25) is 0 Å². The number of nitrogens with zero attached hydrogens (tertiary/aromatic N) is 1. The molecule has 0 fully saturated rings. The van der Waals surface area contributed by atoms with E-state index in [9.17, 15) is 9.90 Å². The number of urea groups is 1. The van der Waals surface area contributed by atoms with Gasteiger partial charge in [-0.25, -0.2) is 4.79 Å². The SMILES string of the molecule is Cc1noc(C)c1C(C)NC(=O)NCC(C)(O)c1ccco1. The summed E-state index contributed by atoms with van der Waals surface area (Å²) in [7, 11) is 0. The van der Waals surface area contributed by atoms with E-state index in [4.69, 9.17) is 8.94 Å². The predicted octanol–water partition coefficient (Wildman–Crippen LogP) is 2.15. The molecule has 0 bridgehead atoms. The van der Waals surface area contributed by atoms with Crippen molar-refractivity contribution >= 4 is 6.03 Å². The largest absolute Gasteiger partial charge is 0.466 e. The molecule has 2 aromatic rings. The van der Waals surface area contributed by atoms with E-state index >= 15 is 0 Å². The van der Waals surface area contributed by atoms with Crippen LogP contribution in [-0.2, 0) is 5.60 Å². The Labute approximate surface area is 128 Å². The second kappa shape index (κ2) is 6.23. The summed E-state index contributed by atoms with van der Waals surface area (Å²) < 4.78 is 10.2. The van der Waals surface area contributed by atoms with Gasteiger partial charge in [0.25, 0.3) is 0 Å². The molecule has 22 heavy (non-hydrogen) atoms.